The van der Waals surface area contributed by atoms with E-state index in [-0.39, 0.29) is 6.61 Å². The van der Waals surface area contributed by atoms with E-state index in [0.717, 1.165) is 0 Å². The molecule has 0 atom stereocenters. The molecule has 0 aromatic heterocycles. The molecular weight excluding hydrogens is 184 g/mol. The van der Waals surface area contributed by atoms with Gasteiger partial charge in [0.1, 0.15) is 13.2 Å². The summed E-state index contributed by atoms with van der Waals surface area (Å²) in [5.41, 5.74) is 0.389. The maximum absolute atomic E-state index is 10.9. The Bertz CT molecular complexity index is 198. The van der Waals surface area contributed by atoms with Crippen LogP contribution >= 0.6 is 0 Å². The first kappa shape index (κ1) is 12.7. The van der Waals surface area contributed by atoms with Crippen LogP contribution < -0.4 is 0 Å². The first-order valence-corrected chi connectivity index (χ1v) is 4.31. The molecule has 0 aliphatic carbocycles. The van der Waals surface area contributed by atoms with Gasteiger partial charge >= 0.3 is 5.97 Å². The molecule has 0 aromatic carbocycles. The highest BCUT2D eigenvalue weighted by Crippen LogP contribution is 1.91. The number of hydrogen-bond acceptors (Lipinski definition) is 4. The van der Waals surface area contributed by atoms with E-state index in [0.29, 0.717) is 25.4 Å². The minimum Gasteiger partial charge on any atom is -0.499 e. The van der Waals surface area contributed by atoms with Crippen LogP contribution in [0.5, 0.6) is 0 Å². The summed E-state index contributed by atoms with van der Waals surface area (Å²) in [4.78, 5) is 10.9. The van der Waals surface area contributed by atoms with Crippen LogP contribution in [-0.2, 0) is 19.0 Å². The van der Waals surface area contributed by atoms with E-state index >= 15 is 0 Å². The summed E-state index contributed by atoms with van der Waals surface area (Å²) < 4.78 is 14.7. The summed E-state index contributed by atoms with van der Waals surface area (Å²) in [5, 5.41) is 0. The van der Waals surface area contributed by atoms with Gasteiger partial charge in [-0.15, -0.1) is 0 Å². The first-order chi connectivity index (χ1) is 6.68. The minimum absolute atomic E-state index is 0.236. The van der Waals surface area contributed by atoms with Crippen molar-refractivity contribution in [1.82, 2.24) is 0 Å². The summed E-state index contributed by atoms with van der Waals surface area (Å²) in [6, 6.07) is 0. The third-order valence-corrected chi connectivity index (χ3v) is 1.27. The Labute approximate surface area is 84.1 Å². The van der Waals surface area contributed by atoms with Crippen LogP contribution in [0.1, 0.15) is 6.92 Å². The number of carbonyl (C=O) groups is 1. The van der Waals surface area contributed by atoms with Gasteiger partial charge < -0.3 is 14.2 Å². The Morgan fingerprint density at radius 1 is 1.29 bits per heavy atom. The summed E-state index contributed by atoms with van der Waals surface area (Å²) in [6.07, 6.45) is 1.35. The normalized spacial score (nSPS) is 9.21. The van der Waals surface area contributed by atoms with E-state index in [1.807, 2.05) is 0 Å². The van der Waals surface area contributed by atoms with Gasteiger partial charge in [-0.05, 0) is 6.92 Å². The van der Waals surface area contributed by atoms with E-state index in [9.17, 15) is 4.79 Å². The SMILES string of the molecule is C=COCCOCCOC(=O)C(=C)C. The lowest BCUT2D eigenvalue weighted by atomic mass is 10.4. The van der Waals surface area contributed by atoms with E-state index in [2.05, 4.69) is 13.2 Å². The molecule has 0 N–H and O–H groups in total. The lowest BCUT2D eigenvalue weighted by molar-refractivity contribution is -0.140. The van der Waals surface area contributed by atoms with E-state index in [1.54, 1.807) is 6.92 Å². The van der Waals surface area contributed by atoms with E-state index in [4.69, 9.17) is 14.2 Å². The topological polar surface area (TPSA) is 44.8 Å². The molecule has 14 heavy (non-hydrogen) atoms. The molecule has 0 saturated heterocycles. The molecule has 0 unspecified atom stereocenters. The number of esters is 1. The predicted octanol–water partition coefficient (Wildman–Crippen LogP) is 1.28. The van der Waals surface area contributed by atoms with Gasteiger partial charge in [0.15, 0.2) is 0 Å². The second-order valence-corrected chi connectivity index (χ2v) is 2.57. The van der Waals surface area contributed by atoms with Crippen LogP contribution in [0, 0.1) is 0 Å². The first-order valence-electron chi connectivity index (χ1n) is 4.31. The zero-order valence-electron chi connectivity index (χ0n) is 8.45. The van der Waals surface area contributed by atoms with Crippen LogP contribution in [-0.4, -0.2) is 32.4 Å². The van der Waals surface area contributed by atoms with Gasteiger partial charge in [0.05, 0.1) is 19.5 Å². The van der Waals surface area contributed by atoms with Gasteiger partial charge in [0.25, 0.3) is 0 Å². The van der Waals surface area contributed by atoms with Crippen LogP contribution in [0.15, 0.2) is 25.0 Å². The van der Waals surface area contributed by atoms with Crippen molar-refractivity contribution in [3.63, 3.8) is 0 Å². The third-order valence-electron chi connectivity index (χ3n) is 1.27. The molecule has 0 aliphatic rings. The molecular formula is C10H16O4. The van der Waals surface area contributed by atoms with Crippen molar-refractivity contribution < 1.29 is 19.0 Å². The molecule has 0 amide bonds. The van der Waals surface area contributed by atoms with Crippen molar-refractivity contribution in [3.05, 3.63) is 25.0 Å². The average molecular weight is 200 g/mol. The number of carbonyl (C=O) groups excluding carboxylic acids is 1. The zero-order valence-corrected chi connectivity index (χ0v) is 8.45. The lowest BCUT2D eigenvalue weighted by Crippen LogP contribution is -2.12. The fourth-order valence-electron chi connectivity index (χ4n) is 0.609. The maximum atomic E-state index is 10.9. The fraction of sp³-hybridized carbons (Fsp3) is 0.500. The molecule has 0 spiro atoms. The van der Waals surface area contributed by atoms with Crippen molar-refractivity contribution in [2.45, 2.75) is 6.92 Å². The third kappa shape index (κ3) is 7.36. The molecule has 0 fully saturated rings. The highest BCUT2D eigenvalue weighted by molar-refractivity contribution is 5.86. The lowest BCUT2D eigenvalue weighted by Gasteiger charge is -2.05. The standard InChI is InChI=1S/C10H16O4/c1-4-12-5-6-13-7-8-14-10(11)9(2)3/h4H,1-2,5-8H2,3H3. The van der Waals surface area contributed by atoms with E-state index in [1.165, 1.54) is 6.26 Å². The largest absolute Gasteiger partial charge is 0.499 e. The molecule has 4 nitrogen and oxygen atoms in total. The molecule has 0 bridgehead atoms. The summed E-state index contributed by atoms with van der Waals surface area (Å²) in [5.74, 6) is -0.393. The van der Waals surface area contributed by atoms with Crippen LogP contribution in [0.4, 0.5) is 0 Å². The second-order valence-electron chi connectivity index (χ2n) is 2.57. The van der Waals surface area contributed by atoms with Gasteiger partial charge in [0, 0.05) is 5.57 Å². The fourth-order valence-corrected chi connectivity index (χ4v) is 0.609. The molecule has 0 rings (SSSR count). The minimum atomic E-state index is -0.393. The van der Waals surface area contributed by atoms with E-state index < -0.39 is 5.97 Å². The second kappa shape index (κ2) is 8.31. The van der Waals surface area contributed by atoms with Crippen LogP contribution in [0.3, 0.4) is 0 Å². The smallest absolute Gasteiger partial charge is 0.333 e. The molecule has 0 heterocycles. The summed E-state index contributed by atoms with van der Waals surface area (Å²) >= 11 is 0. The summed E-state index contributed by atoms with van der Waals surface area (Å²) in [7, 11) is 0. The Morgan fingerprint density at radius 2 is 1.93 bits per heavy atom. The number of rotatable bonds is 8. The highest BCUT2D eigenvalue weighted by Gasteiger charge is 2.01. The molecule has 4 heteroatoms. The van der Waals surface area contributed by atoms with Crippen molar-refractivity contribution in [2.24, 2.45) is 0 Å². The predicted molar refractivity (Wildman–Crippen MR) is 52.7 cm³/mol. The molecule has 0 saturated carbocycles. The Balaban J connectivity index is 3.17. The maximum Gasteiger partial charge on any atom is 0.333 e. The molecule has 80 valence electrons. The van der Waals surface area contributed by atoms with Gasteiger partial charge in [0.2, 0.25) is 0 Å². The van der Waals surface area contributed by atoms with Gasteiger partial charge in [-0.25, -0.2) is 4.79 Å². The Hall–Kier alpha value is -1.29. The van der Waals surface area contributed by atoms with Crippen molar-refractivity contribution in [3.8, 4) is 0 Å². The molecule has 0 aliphatic heterocycles. The monoisotopic (exact) mass is 200 g/mol. The molecule has 0 radical (unpaired) electrons. The van der Waals surface area contributed by atoms with Crippen molar-refractivity contribution in [1.29, 1.82) is 0 Å². The van der Waals surface area contributed by atoms with Crippen molar-refractivity contribution in [2.75, 3.05) is 26.4 Å². The number of ether oxygens (including phenoxy) is 3. The Kier molecular flexibility index (Phi) is 7.55. The quantitative estimate of drug-likeness (QED) is 0.256. The average Bonchev–Trinajstić information content (AvgIpc) is 2.16. The van der Waals surface area contributed by atoms with Crippen LogP contribution in [0.25, 0.3) is 0 Å². The van der Waals surface area contributed by atoms with Gasteiger partial charge in [-0.1, -0.05) is 13.2 Å². The van der Waals surface area contributed by atoms with Gasteiger partial charge in [-0.2, -0.15) is 0 Å². The van der Waals surface area contributed by atoms with Crippen LogP contribution in [0.2, 0.25) is 0 Å². The Morgan fingerprint density at radius 3 is 2.50 bits per heavy atom. The van der Waals surface area contributed by atoms with Gasteiger partial charge in [-0.3, -0.25) is 0 Å². The summed E-state index contributed by atoms with van der Waals surface area (Å²) in [6.45, 7) is 9.93. The zero-order chi connectivity index (χ0) is 10.8. The molecule has 0 aromatic rings. The number of hydrogen-bond donors (Lipinski definition) is 0. The van der Waals surface area contributed by atoms with Crippen molar-refractivity contribution >= 4 is 5.97 Å². The highest BCUT2D eigenvalue weighted by atomic mass is 16.6.